The molecular formula is C12H10FNO2. The van der Waals surface area contributed by atoms with Crippen molar-refractivity contribution in [1.82, 2.24) is 0 Å². The van der Waals surface area contributed by atoms with Crippen molar-refractivity contribution in [3.8, 4) is 6.07 Å². The molecule has 0 unspecified atom stereocenters. The van der Waals surface area contributed by atoms with Crippen molar-refractivity contribution in [2.75, 3.05) is 6.61 Å². The average molecular weight is 219 g/mol. The Labute approximate surface area is 92.8 Å². The quantitative estimate of drug-likeness (QED) is 0.578. The Kier molecular flexibility index (Phi) is 4.22. The SMILES string of the molecule is CCOC(=O)C=Cc1cc(C#N)ccc1F. The molecule has 0 N–H and O–H groups in total. The average Bonchev–Trinajstić information content (AvgIpc) is 2.28. The van der Waals surface area contributed by atoms with Crippen molar-refractivity contribution >= 4 is 12.0 Å². The summed E-state index contributed by atoms with van der Waals surface area (Å²) in [5.74, 6) is -1.02. The Balaban J connectivity index is 2.88. The number of nitrogens with zero attached hydrogens (tertiary/aromatic N) is 1. The summed E-state index contributed by atoms with van der Waals surface area (Å²) in [6, 6.07) is 5.81. The largest absolute Gasteiger partial charge is 0.463 e. The minimum atomic E-state index is -0.538. The van der Waals surface area contributed by atoms with Gasteiger partial charge in [0.15, 0.2) is 0 Å². The maximum absolute atomic E-state index is 13.2. The van der Waals surface area contributed by atoms with Crippen LogP contribution in [-0.2, 0) is 9.53 Å². The molecule has 0 aromatic heterocycles. The molecule has 0 fully saturated rings. The molecule has 0 saturated carbocycles. The Morgan fingerprint density at radius 3 is 3.00 bits per heavy atom. The van der Waals surface area contributed by atoms with Crippen LogP contribution < -0.4 is 0 Å². The minimum absolute atomic E-state index is 0.187. The summed E-state index contributed by atoms with van der Waals surface area (Å²) in [6.07, 6.45) is 2.41. The van der Waals surface area contributed by atoms with E-state index in [2.05, 4.69) is 4.74 Å². The highest BCUT2D eigenvalue weighted by Crippen LogP contribution is 2.11. The summed E-state index contributed by atoms with van der Waals surface area (Å²) in [5.41, 5.74) is 0.525. The van der Waals surface area contributed by atoms with Crippen molar-refractivity contribution < 1.29 is 13.9 Å². The standard InChI is InChI=1S/C12H10FNO2/c1-2-16-12(15)6-4-10-7-9(8-14)3-5-11(10)13/h3-7H,2H2,1H3. The van der Waals surface area contributed by atoms with Gasteiger partial charge >= 0.3 is 5.97 Å². The summed E-state index contributed by atoms with van der Waals surface area (Å²) in [6.45, 7) is 1.95. The van der Waals surface area contributed by atoms with E-state index in [1.165, 1.54) is 24.3 Å². The number of benzene rings is 1. The van der Waals surface area contributed by atoms with E-state index < -0.39 is 11.8 Å². The molecule has 1 aromatic carbocycles. The lowest BCUT2D eigenvalue weighted by Crippen LogP contribution is -1.98. The third kappa shape index (κ3) is 3.21. The number of nitriles is 1. The molecule has 3 nitrogen and oxygen atoms in total. The molecule has 4 heteroatoms. The second kappa shape index (κ2) is 5.66. The van der Waals surface area contributed by atoms with E-state index in [1.807, 2.05) is 6.07 Å². The van der Waals surface area contributed by atoms with Crippen molar-refractivity contribution in [2.24, 2.45) is 0 Å². The summed E-state index contributed by atoms with van der Waals surface area (Å²) >= 11 is 0. The molecule has 0 amide bonds. The lowest BCUT2D eigenvalue weighted by molar-refractivity contribution is -0.137. The van der Waals surface area contributed by atoms with Gasteiger partial charge in [-0.25, -0.2) is 9.18 Å². The number of hydrogen-bond donors (Lipinski definition) is 0. The second-order valence-corrected chi connectivity index (χ2v) is 2.93. The number of esters is 1. The van der Waals surface area contributed by atoms with Crippen LogP contribution in [0.5, 0.6) is 0 Å². The molecule has 1 aromatic rings. The van der Waals surface area contributed by atoms with Crippen LogP contribution in [0, 0.1) is 17.1 Å². The van der Waals surface area contributed by atoms with Gasteiger partial charge < -0.3 is 4.74 Å². The molecule has 0 aliphatic carbocycles. The van der Waals surface area contributed by atoms with E-state index in [4.69, 9.17) is 5.26 Å². The summed E-state index contributed by atoms with van der Waals surface area (Å²) < 4.78 is 17.9. The molecule has 82 valence electrons. The molecule has 0 saturated heterocycles. The fourth-order valence-electron chi connectivity index (χ4n) is 1.09. The van der Waals surface area contributed by atoms with Crippen LogP contribution in [0.3, 0.4) is 0 Å². The van der Waals surface area contributed by atoms with Crippen molar-refractivity contribution in [2.45, 2.75) is 6.92 Å². The lowest BCUT2D eigenvalue weighted by Gasteiger charge is -1.98. The van der Waals surface area contributed by atoms with Gasteiger partial charge in [-0.15, -0.1) is 0 Å². The van der Waals surface area contributed by atoms with E-state index in [0.717, 1.165) is 6.08 Å². The van der Waals surface area contributed by atoms with Gasteiger partial charge in [0, 0.05) is 11.6 Å². The van der Waals surface area contributed by atoms with Crippen LogP contribution in [0.15, 0.2) is 24.3 Å². The van der Waals surface area contributed by atoms with Gasteiger partial charge in [0.1, 0.15) is 5.82 Å². The second-order valence-electron chi connectivity index (χ2n) is 2.93. The highest BCUT2D eigenvalue weighted by atomic mass is 19.1. The number of carbonyl (C=O) groups is 1. The van der Waals surface area contributed by atoms with E-state index in [1.54, 1.807) is 6.92 Å². The monoisotopic (exact) mass is 219 g/mol. The van der Waals surface area contributed by atoms with Crippen molar-refractivity contribution in [3.63, 3.8) is 0 Å². The van der Waals surface area contributed by atoms with Gasteiger partial charge in [0.05, 0.1) is 18.2 Å². The minimum Gasteiger partial charge on any atom is -0.463 e. The first-order chi connectivity index (χ1) is 7.67. The molecule has 1 rings (SSSR count). The van der Waals surface area contributed by atoms with Gasteiger partial charge in [-0.2, -0.15) is 5.26 Å². The zero-order valence-corrected chi connectivity index (χ0v) is 8.74. The first kappa shape index (κ1) is 11.9. The smallest absolute Gasteiger partial charge is 0.330 e. The first-order valence-corrected chi connectivity index (χ1v) is 4.72. The first-order valence-electron chi connectivity index (χ1n) is 4.72. The fourth-order valence-corrected chi connectivity index (χ4v) is 1.09. The fraction of sp³-hybridized carbons (Fsp3) is 0.167. The predicted octanol–water partition coefficient (Wildman–Crippen LogP) is 2.27. The van der Waals surface area contributed by atoms with Crippen LogP contribution in [0.1, 0.15) is 18.1 Å². The molecule has 0 radical (unpaired) electrons. The number of ether oxygens (including phenoxy) is 1. The molecule has 0 spiro atoms. The van der Waals surface area contributed by atoms with Crippen molar-refractivity contribution in [3.05, 3.63) is 41.2 Å². The van der Waals surface area contributed by atoms with Crippen LogP contribution in [0.25, 0.3) is 6.08 Å². The Hall–Kier alpha value is -2.15. The highest BCUT2D eigenvalue weighted by Gasteiger charge is 2.01. The lowest BCUT2D eigenvalue weighted by atomic mass is 10.1. The van der Waals surface area contributed by atoms with Gasteiger partial charge in [-0.1, -0.05) is 0 Å². The number of carbonyl (C=O) groups excluding carboxylic acids is 1. The van der Waals surface area contributed by atoms with E-state index in [0.29, 0.717) is 5.56 Å². The van der Waals surface area contributed by atoms with Crippen LogP contribution in [0.4, 0.5) is 4.39 Å². The maximum atomic E-state index is 13.2. The molecular weight excluding hydrogens is 209 g/mol. The molecule has 16 heavy (non-hydrogen) atoms. The topological polar surface area (TPSA) is 50.1 Å². The van der Waals surface area contributed by atoms with Crippen LogP contribution in [-0.4, -0.2) is 12.6 Å². The third-order valence-electron chi connectivity index (χ3n) is 1.81. The van der Waals surface area contributed by atoms with Gasteiger partial charge in [-0.05, 0) is 31.2 Å². The predicted molar refractivity (Wildman–Crippen MR) is 56.8 cm³/mol. The molecule has 0 bridgehead atoms. The Morgan fingerprint density at radius 2 is 2.38 bits per heavy atom. The third-order valence-corrected chi connectivity index (χ3v) is 1.81. The molecule has 0 aliphatic heterocycles. The molecule has 0 aliphatic rings. The maximum Gasteiger partial charge on any atom is 0.330 e. The van der Waals surface area contributed by atoms with Crippen LogP contribution >= 0.6 is 0 Å². The number of rotatable bonds is 3. The Bertz CT molecular complexity index is 461. The zero-order valence-electron chi connectivity index (χ0n) is 8.74. The summed E-state index contributed by atoms with van der Waals surface area (Å²) in [5, 5.41) is 8.63. The number of halogens is 1. The number of hydrogen-bond acceptors (Lipinski definition) is 3. The summed E-state index contributed by atoms with van der Waals surface area (Å²) in [4.78, 5) is 11.0. The normalized spacial score (nSPS) is 10.1. The molecule has 0 heterocycles. The summed E-state index contributed by atoms with van der Waals surface area (Å²) in [7, 11) is 0. The Morgan fingerprint density at radius 1 is 1.62 bits per heavy atom. The van der Waals surface area contributed by atoms with Crippen LogP contribution in [0.2, 0.25) is 0 Å². The molecule has 0 atom stereocenters. The van der Waals surface area contributed by atoms with Gasteiger partial charge in [0.2, 0.25) is 0 Å². The van der Waals surface area contributed by atoms with E-state index in [-0.39, 0.29) is 12.2 Å². The highest BCUT2D eigenvalue weighted by molar-refractivity contribution is 5.87. The van der Waals surface area contributed by atoms with E-state index in [9.17, 15) is 9.18 Å². The van der Waals surface area contributed by atoms with Gasteiger partial charge in [0.25, 0.3) is 0 Å². The zero-order chi connectivity index (χ0) is 12.0. The van der Waals surface area contributed by atoms with E-state index >= 15 is 0 Å². The van der Waals surface area contributed by atoms with Crippen molar-refractivity contribution in [1.29, 1.82) is 5.26 Å². The van der Waals surface area contributed by atoms with Gasteiger partial charge in [-0.3, -0.25) is 0 Å².